The van der Waals surface area contributed by atoms with Crippen molar-refractivity contribution in [3.63, 3.8) is 0 Å². The monoisotopic (exact) mass is 146 g/mol. The van der Waals surface area contributed by atoms with Crippen molar-refractivity contribution < 1.29 is 0 Å². The second kappa shape index (κ2) is 3.62. The molecule has 0 amide bonds. The van der Waals surface area contributed by atoms with Crippen LogP contribution in [0.4, 0.5) is 0 Å². The van der Waals surface area contributed by atoms with Crippen molar-refractivity contribution in [2.24, 2.45) is 5.73 Å². The summed E-state index contributed by atoms with van der Waals surface area (Å²) >= 11 is 4.58. The highest BCUT2D eigenvalue weighted by Gasteiger charge is 1.91. The largest absolute Gasteiger partial charge is 0.376 e. The van der Waals surface area contributed by atoms with Gasteiger partial charge in [0.05, 0.1) is 0 Å². The molecule has 4 heteroatoms. The first-order valence-electron chi connectivity index (χ1n) is 2.35. The zero-order valence-corrected chi connectivity index (χ0v) is 7.66. The first-order valence-corrected chi connectivity index (χ1v) is 3.91. The zero-order valence-electron chi connectivity index (χ0n) is 4.85. The van der Waals surface area contributed by atoms with Gasteiger partial charge in [0.1, 0.15) is 0 Å². The molecule has 0 aromatic rings. The minimum absolute atomic E-state index is 0.312. The van der Waals surface area contributed by atoms with Crippen molar-refractivity contribution in [2.45, 2.75) is 5.67 Å². The third-order valence-electron chi connectivity index (χ3n) is 0.723. The maximum absolute atomic E-state index is 5.16. The summed E-state index contributed by atoms with van der Waals surface area (Å²) in [6.07, 6.45) is 1.80. The lowest BCUT2D eigenvalue weighted by molar-refractivity contribution is 0.971. The number of hydrogen-bond donors (Lipinski definition) is 2. The molecule has 0 aromatic heterocycles. The summed E-state index contributed by atoms with van der Waals surface area (Å²) in [5.41, 5.74) is 5.48. The van der Waals surface area contributed by atoms with Gasteiger partial charge in [-0.1, -0.05) is 6.08 Å². The van der Waals surface area contributed by atoms with Crippen LogP contribution in [0.15, 0.2) is 12.7 Å². The number of thiocarbonyl (C=S) groups is 1. The highest BCUT2D eigenvalue weighted by Crippen LogP contribution is 1.72. The van der Waals surface area contributed by atoms with Crippen LogP contribution >= 0.6 is 12.2 Å². The Morgan fingerprint density at radius 1 is 2.00 bits per heavy atom. The van der Waals surface area contributed by atoms with Crippen LogP contribution in [0.3, 0.4) is 0 Å². The molecule has 0 aliphatic heterocycles. The van der Waals surface area contributed by atoms with Crippen LogP contribution in [-0.2, 0) is 0 Å². The molecule has 0 aliphatic rings. The van der Waals surface area contributed by atoms with E-state index in [0.717, 1.165) is 10.2 Å². The van der Waals surface area contributed by atoms with E-state index in [0.29, 0.717) is 10.8 Å². The molecule has 1 unspecified atom stereocenters. The van der Waals surface area contributed by atoms with E-state index in [1.54, 1.807) is 6.08 Å². The molecule has 0 aliphatic carbocycles. The van der Waals surface area contributed by atoms with Gasteiger partial charge in [-0.25, -0.2) is 0 Å². The quantitative estimate of drug-likeness (QED) is 0.289. The summed E-state index contributed by atoms with van der Waals surface area (Å²) in [4.78, 5) is 0. The summed E-state index contributed by atoms with van der Waals surface area (Å²) in [6.45, 7) is 3.57. The fraction of sp³-hybridized carbons (Fsp3) is 0.250. The van der Waals surface area contributed by atoms with Gasteiger partial charge in [-0.05, 0) is 12.2 Å². The van der Waals surface area contributed by atoms with E-state index in [1.165, 1.54) is 0 Å². The first kappa shape index (κ1) is 7.65. The van der Waals surface area contributed by atoms with E-state index >= 15 is 0 Å². The molecule has 0 bridgehead atoms. The molecule has 0 saturated carbocycles. The van der Waals surface area contributed by atoms with Crippen molar-refractivity contribution >= 4 is 27.6 Å². The van der Waals surface area contributed by atoms with Gasteiger partial charge in [0.15, 0.2) is 5.11 Å². The van der Waals surface area contributed by atoms with Crippen molar-refractivity contribution in [2.75, 3.05) is 0 Å². The molecule has 1 atom stereocenters. The van der Waals surface area contributed by atoms with Crippen molar-refractivity contribution in [3.05, 3.63) is 12.7 Å². The minimum atomic E-state index is 0.312. The Morgan fingerprint density at radius 2 is 2.50 bits per heavy atom. The molecule has 46 valence electrons. The molecule has 8 heavy (non-hydrogen) atoms. The van der Waals surface area contributed by atoms with Gasteiger partial charge in [-0.2, -0.15) is 0 Å². The van der Waals surface area contributed by atoms with Crippen molar-refractivity contribution in [3.8, 4) is 0 Å². The lowest BCUT2D eigenvalue weighted by Crippen LogP contribution is -2.37. The average Bonchev–Trinajstić information content (AvgIpc) is 1.65. The van der Waals surface area contributed by atoms with Gasteiger partial charge >= 0.3 is 0 Å². The Morgan fingerprint density at radius 3 is 2.62 bits per heavy atom. The Balaban J connectivity index is 3.38. The highest BCUT2D eigenvalue weighted by atomic mass is 32.1. The van der Waals surface area contributed by atoms with Gasteiger partial charge < -0.3 is 11.1 Å². The maximum atomic E-state index is 5.16. The average molecular weight is 146 g/mol. The van der Waals surface area contributed by atoms with Crippen LogP contribution in [0.1, 0.15) is 0 Å². The number of hydrogen-bond acceptors (Lipinski definition) is 1. The SMILES string of the molecule is C=CC([SiH3])NC(N)=S. The van der Waals surface area contributed by atoms with E-state index in [4.69, 9.17) is 5.73 Å². The third kappa shape index (κ3) is 3.82. The molecule has 0 heterocycles. The van der Waals surface area contributed by atoms with Crippen LogP contribution in [0.5, 0.6) is 0 Å². The van der Waals surface area contributed by atoms with Gasteiger partial charge in [0.25, 0.3) is 0 Å². The van der Waals surface area contributed by atoms with Gasteiger partial charge in [-0.15, -0.1) is 6.58 Å². The number of nitrogens with two attached hydrogens (primary N) is 1. The molecule has 3 N–H and O–H groups in total. The molecule has 0 rings (SSSR count). The molecule has 2 nitrogen and oxygen atoms in total. The topological polar surface area (TPSA) is 38.0 Å². The van der Waals surface area contributed by atoms with E-state index in [2.05, 4.69) is 24.1 Å². The van der Waals surface area contributed by atoms with Crippen LogP contribution in [0.25, 0.3) is 0 Å². The number of rotatable bonds is 2. The molecular formula is C4H10N2SSi. The predicted octanol–water partition coefficient (Wildman–Crippen LogP) is -1.30. The molecule has 0 radical (unpaired) electrons. The van der Waals surface area contributed by atoms with Gasteiger partial charge in [0.2, 0.25) is 0 Å². The van der Waals surface area contributed by atoms with E-state index < -0.39 is 0 Å². The third-order valence-corrected chi connectivity index (χ3v) is 1.60. The summed E-state index contributed by atoms with van der Waals surface area (Å²) in [5.74, 6) is 0. The molecule has 0 aromatic carbocycles. The fourth-order valence-electron chi connectivity index (χ4n) is 0.283. The summed E-state index contributed by atoms with van der Waals surface area (Å²) in [6, 6.07) is 0. The van der Waals surface area contributed by atoms with Crippen LogP contribution in [0, 0.1) is 0 Å². The van der Waals surface area contributed by atoms with E-state index in [9.17, 15) is 0 Å². The standard InChI is InChI=1S/C4H10N2SSi/c1-2-3(8)6-4(5)7/h2-3H,1H2,8H3,(H3,5,6,7). The minimum Gasteiger partial charge on any atom is -0.376 e. The summed E-state index contributed by atoms with van der Waals surface area (Å²) in [7, 11) is 0.991. The van der Waals surface area contributed by atoms with Crippen molar-refractivity contribution in [1.82, 2.24) is 5.32 Å². The molecular weight excluding hydrogens is 136 g/mol. The van der Waals surface area contributed by atoms with Crippen LogP contribution < -0.4 is 11.1 Å². The maximum Gasteiger partial charge on any atom is 0.163 e. The van der Waals surface area contributed by atoms with Gasteiger partial charge in [-0.3, -0.25) is 0 Å². The Labute approximate surface area is 57.6 Å². The lowest BCUT2D eigenvalue weighted by Gasteiger charge is -2.06. The first-order chi connectivity index (χ1) is 3.66. The Hall–Kier alpha value is -0.353. The molecule has 0 fully saturated rings. The fourth-order valence-corrected chi connectivity index (χ4v) is 0.989. The van der Waals surface area contributed by atoms with Gasteiger partial charge in [0, 0.05) is 15.9 Å². The van der Waals surface area contributed by atoms with E-state index in [-0.39, 0.29) is 0 Å². The summed E-state index contributed by atoms with van der Waals surface area (Å²) < 4.78 is 0. The second-order valence-corrected chi connectivity index (χ2v) is 3.22. The Kier molecular flexibility index (Phi) is 3.46. The summed E-state index contributed by atoms with van der Waals surface area (Å²) in [5, 5.41) is 3.20. The Bertz CT molecular complexity index is 104. The van der Waals surface area contributed by atoms with Crippen LogP contribution in [-0.4, -0.2) is 21.0 Å². The number of nitrogens with one attached hydrogen (secondary N) is 1. The van der Waals surface area contributed by atoms with E-state index in [1.807, 2.05) is 0 Å². The molecule has 0 saturated heterocycles. The van der Waals surface area contributed by atoms with Crippen molar-refractivity contribution in [1.29, 1.82) is 0 Å². The smallest absolute Gasteiger partial charge is 0.163 e. The molecule has 0 spiro atoms. The lowest BCUT2D eigenvalue weighted by atomic mass is 10.6. The predicted molar refractivity (Wildman–Crippen MR) is 43.8 cm³/mol. The second-order valence-electron chi connectivity index (χ2n) is 1.53. The van der Waals surface area contributed by atoms with Crippen LogP contribution in [0.2, 0.25) is 0 Å². The normalized spacial score (nSPS) is 12.5. The zero-order chi connectivity index (χ0) is 6.57. The highest BCUT2D eigenvalue weighted by molar-refractivity contribution is 7.80.